The summed E-state index contributed by atoms with van der Waals surface area (Å²) in [6.45, 7) is 0.381. The molecule has 13 heteroatoms. The second-order valence-corrected chi connectivity index (χ2v) is 6.47. The zero-order chi connectivity index (χ0) is 17.5. The predicted molar refractivity (Wildman–Crippen MR) is 78.4 cm³/mol. The van der Waals surface area contributed by atoms with E-state index in [9.17, 15) is 13.2 Å². The second-order valence-electron chi connectivity index (χ2n) is 5.47. The first-order chi connectivity index (χ1) is 11.2. The number of hydrogen-bond acceptors (Lipinski definition) is 7. The van der Waals surface area contributed by atoms with E-state index >= 15 is 0 Å². The molecular formula is C11H16N6O6S. The molecule has 2 amide bonds. The molecule has 2 fully saturated rings. The highest BCUT2D eigenvalue weighted by molar-refractivity contribution is 7.80. The summed E-state index contributed by atoms with van der Waals surface area (Å²) in [7, 11) is -4.77. The van der Waals surface area contributed by atoms with Crippen LogP contribution in [0.5, 0.6) is 0 Å². The lowest BCUT2D eigenvalue weighted by Gasteiger charge is -2.28. The number of piperidine rings is 1. The average molecular weight is 360 g/mol. The molecule has 24 heavy (non-hydrogen) atoms. The Morgan fingerprint density at radius 2 is 2.25 bits per heavy atom. The number of rotatable bonds is 5. The lowest BCUT2D eigenvalue weighted by molar-refractivity contribution is -0.0317. The van der Waals surface area contributed by atoms with Crippen molar-refractivity contribution in [1.82, 2.24) is 15.1 Å². The smallest absolute Gasteiger partial charge is 0.370 e. The molecule has 0 aromatic carbocycles. The molecule has 0 unspecified atom stereocenters. The van der Waals surface area contributed by atoms with Gasteiger partial charge in [-0.05, 0) is 12.8 Å². The van der Waals surface area contributed by atoms with Crippen molar-refractivity contribution in [3.05, 3.63) is 17.5 Å². The van der Waals surface area contributed by atoms with Crippen molar-refractivity contribution in [3.8, 4) is 0 Å². The van der Waals surface area contributed by atoms with Crippen molar-refractivity contribution >= 4 is 22.4 Å². The van der Waals surface area contributed by atoms with Gasteiger partial charge in [0.2, 0.25) is 0 Å². The first-order valence-corrected chi connectivity index (χ1v) is 8.39. The monoisotopic (exact) mass is 360 g/mol. The number of amides is 2. The van der Waals surface area contributed by atoms with E-state index in [1.54, 1.807) is 6.07 Å². The third-order valence-corrected chi connectivity index (χ3v) is 4.18. The van der Waals surface area contributed by atoms with Crippen LogP contribution in [-0.4, -0.2) is 52.7 Å². The minimum atomic E-state index is -4.77. The van der Waals surface area contributed by atoms with Crippen LogP contribution in [0, 0.1) is 0 Å². The van der Waals surface area contributed by atoms with Crippen LogP contribution in [0.15, 0.2) is 15.6 Å². The molecule has 0 aliphatic carbocycles. The van der Waals surface area contributed by atoms with E-state index in [1.165, 1.54) is 4.90 Å². The van der Waals surface area contributed by atoms with E-state index in [-0.39, 0.29) is 25.1 Å². The molecule has 0 saturated carbocycles. The van der Waals surface area contributed by atoms with E-state index in [4.69, 9.17) is 20.5 Å². The second kappa shape index (κ2) is 5.92. The van der Waals surface area contributed by atoms with Crippen LogP contribution in [0.1, 0.15) is 30.3 Å². The normalized spacial score (nSPS) is 23.6. The Morgan fingerprint density at radius 1 is 1.50 bits per heavy atom. The van der Waals surface area contributed by atoms with Crippen LogP contribution in [0.25, 0.3) is 0 Å². The van der Waals surface area contributed by atoms with Crippen molar-refractivity contribution in [2.24, 2.45) is 16.5 Å². The van der Waals surface area contributed by atoms with Gasteiger partial charge in [-0.1, -0.05) is 5.16 Å². The first-order valence-electron chi connectivity index (χ1n) is 7.02. The number of aliphatic imine (C=N–C) groups is 1. The maximum Gasteiger partial charge on any atom is 0.418 e. The van der Waals surface area contributed by atoms with Gasteiger partial charge >= 0.3 is 16.4 Å². The highest BCUT2D eigenvalue weighted by atomic mass is 32.3. The number of carbonyl (C=O) groups is 1. The maximum absolute atomic E-state index is 12.3. The number of nitrogens with two attached hydrogens (primary N) is 2. The quantitative estimate of drug-likeness (QED) is 0.342. The van der Waals surface area contributed by atoms with E-state index in [1.807, 2.05) is 0 Å². The molecule has 2 aliphatic heterocycles. The first kappa shape index (κ1) is 16.5. The van der Waals surface area contributed by atoms with Gasteiger partial charge in [0.15, 0.2) is 11.7 Å². The van der Waals surface area contributed by atoms with Crippen molar-refractivity contribution in [2.75, 3.05) is 6.54 Å². The molecule has 1 aromatic rings. The Morgan fingerprint density at radius 3 is 2.92 bits per heavy atom. The Bertz CT molecular complexity index is 772. The van der Waals surface area contributed by atoms with Crippen molar-refractivity contribution in [3.63, 3.8) is 0 Å². The SMILES string of the molecule is NC(N)=NCc1cc([C@@H]2CC[C@@H]3CN2C(=O)N3OS(=O)(=O)O)no1. The number of nitrogens with zero attached hydrogens (tertiary/aromatic N) is 4. The van der Waals surface area contributed by atoms with E-state index < -0.39 is 22.5 Å². The average Bonchev–Trinajstić information content (AvgIpc) is 3.04. The topological polar surface area (TPSA) is 178 Å². The van der Waals surface area contributed by atoms with Crippen molar-refractivity contribution in [1.29, 1.82) is 0 Å². The molecule has 3 rings (SSSR count). The third-order valence-electron chi connectivity index (χ3n) is 3.83. The van der Waals surface area contributed by atoms with E-state index in [0.29, 0.717) is 29.4 Å². The van der Waals surface area contributed by atoms with Gasteiger partial charge in [-0.3, -0.25) is 4.55 Å². The molecule has 2 aliphatic rings. The zero-order valence-electron chi connectivity index (χ0n) is 12.4. The molecule has 12 nitrogen and oxygen atoms in total. The molecule has 2 atom stereocenters. The number of hydroxylamine groups is 2. The number of hydrogen-bond donors (Lipinski definition) is 3. The van der Waals surface area contributed by atoms with Crippen molar-refractivity contribution < 1.29 is 26.6 Å². The van der Waals surface area contributed by atoms with Crippen LogP contribution >= 0.6 is 0 Å². The van der Waals surface area contributed by atoms with Crippen LogP contribution in [0.4, 0.5) is 4.79 Å². The molecule has 2 saturated heterocycles. The van der Waals surface area contributed by atoms with Crippen LogP contribution in [-0.2, 0) is 21.2 Å². The number of urea groups is 1. The summed E-state index contributed by atoms with van der Waals surface area (Å²) < 4.78 is 40.0. The van der Waals surface area contributed by atoms with Crippen LogP contribution < -0.4 is 11.5 Å². The minimum Gasteiger partial charge on any atom is -0.370 e. The molecular weight excluding hydrogens is 344 g/mol. The Balaban J connectivity index is 1.76. The molecule has 0 radical (unpaired) electrons. The molecule has 1 aromatic heterocycles. The highest BCUT2D eigenvalue weighted by Crippen LogP contribution is 2.38. The van der Waals surface area contributed by atoms with Gasteiger partial charge < -0.3 is 20.9 Å². The Labute approximate surface area is 136 Å². The van der Waals surface area contributed by atoms with E-state index in [0.717, 1.165) is 0 Å². The van der Waals surface area contributed by atoms with E-state index in [2.05, 4.69) is 14.4 Å². The predicted octanol–water partition coefficient (Wildman–Crippen LogP) is -0.876. The summed E-state index contributed by atoms with van der Waals surface area (Å²) in [5.41, 5.74) is 11.0. The molecule has 132 valence electrons. The Hall–Kier alpha value is -2.38. The van der Waals surface area contributed by atoms with Crippen LogP contribution in [0.2, 0.25) is 0 Å². The summed E-state index contributed by atoms with van der Waals surface area (Å²) in [4.78, 5) is 17.5. The summed E-state index contributed by atoms with van der Waals surface area (Å²) >= 11 is 0. The van der Waals surface area contributed by atoms with Gasteiger partial charge in [0.1, 0.15) is 12.2 Å². The van der Waals surface area contributed by atoms with Gasteiger partial charge in [-0.2, -0.15) is 13.5 Å². The molecule has 0 spiro atoms. The van der Waals surface area contributed by atoms with Gasteiger partial charge in [0.05, 0.1) is 12.1 Å². The minimum absolute atomic E-state index is 0.0822. The van der Waals surface area contributed by atoms with Crippen molar-refractivity contribution in [2.45, 2.75) is 31.5 Å². The summed E-state index contributed by atoms with van der Waals surface area (Å²) in [6.07, 6.45) is 1.02. The van der Waals surface area contributed by atoms with Gasteiger partial charge in [-0.15, -0.1) is 4.28 Å². The van der Waals surface area contributed by atoms with Crippen LogP contribution in [0.3, 0.4) is 0 Å². The highest BCUT2D eigenvalue weighted by Gasteiger charge is 2.48. The molecule has 2 bridgehead atoms. The maximum atomic E-state index is 12.3. The molecule has 5 N–H and O–H groups in total. The Kier molecular flexibility index (Phi) is 4.06. The lowest BCUT2D eigenvalue weighted by Crippen LogP contribution is -2.35. The van der Waals surface area contributed by atoms with Gasteiger partial charge in [0.25, 0.3) is 0 Å². The standard InChI is InChI=1S/C11H16N6O6S/c12-10(13)14-4-7-3-8(15-22-7)9-2-1-6-5-16(9)11(18)17(6)23-24(19,20)21/h3,6,9H,1-2,4-5H2,(H4,12,13,14)(H,19,20,21)/t6-,9+/m1/s1. The number of aromatic nitrogens is 1. The number of guanidine groups is 1. The lowest BCUT2D eigenvalue weighted by atomic mass is 9.98. The summed E-state index contributed by atoms with van der Waals surface area (Å²) in [5.74, 6) is 0.347. The fraction of sp³-hybridized carbons (Fsp3) is 0.545. The summed E-state index contributed by atoms with van der Waals surface area (Å²) in [6, 6.07) is 0.134. The van der Waals surface area contributed by atoms with Gasteiger partial charge in [0, 0.05) is 12.6 Å². The molecule has 3 heterocycles. The number of fused-ring (bicyclic) bond motifs is 2. The largest absolute Gasteiger partial charge is 0.418 e. The summed E-state index contributed by atoms with van der Waals surface area (Å²) in [5, 5.41) is 4.60. The fourth-order valence-corrected chi connectivity index (χ4v) is 3.26. The third kappa shape index (κ3) is 3.27. The zero-order valence-corrected chi connectivity index (χ0v) is 13.2. The van der Waals surface area contributed by atoms with Gasteiger partial charge in [-0.25, -0.2) is 9.79 Å². The number of carbonyl (C=O) groups excluding carboxylic acids is 1. The fourth-order valence-electron chi connectivity index (χ4n) is 2.87.